The third-order valence-corrected chi connectivity index (χ3v) is 5.10. The Balaban J connectivity index is 1.69. The summed E-state index contributed by atoms with van der Waals surface area (Å²) in [6.45, 7) is 3.28. The van der Waals surface area contributed by atoms with E-state index in [-0.39, 0.29) is 5.60 Å². The molecule has 3 nitrogen and oxygen atoms in total. The second-order valence-electron chi connectivity index (χ2n) is 5.94. The Labute approximate surface area is 116 Å². The molecule has 1 N–H and O–H groups in total. The maximum absolute atomic E-state index is 6.12. The molecule has 1 atom stereocenters. The monoisotopic (exact) mass is 272 g/mol. The van der Waals surface area contributed by atoms with Crippen molar-refractivity contribution in [3.63, 3.8) is 0 Å². The average Bonchev–Trinajstić information content (AvgIpc) is 2.36. The van der Waals surface area contributed by atoms with Gasteiger partial charge in [-0.05, 0) is 70.8 Å². The SMILES string of the molecule is CN(C)CCCNC1CCOC2(CCSCC2)C1. The van der Waals surface area contributed by atoms with E-state index in [2.05, 4.69) is 36.1 Å². The molecule has 2 aliphatic heterocycles. The lowest BCUT2D eigenvalue weighted by Gasteiger charge is -2.43. The van der Waals surface area contributed by atoms with Crippen LogP contribution in [-0.4, -0.2) is 61.8 Å². The fourth-order valence-electron chi connectivity index (χ4n) is 3.00. The van der Waals surface area contributed by atoms with Gasteiger partial charge in [0.15, 0.2) is 0 Å². The third kappa shape index (κ3) is 4.41. The molecule has 4 heteroatoms. The van der Waals surface area contributed by atoms with Crippen molar-refractivity contribution >= 4 is 11.8 Å². The zero-order valence-electron chi connectivity index (χ0n) is 11.9. The van der Waals surface area contributed by atoms with E-state index >= 15 is 0 Å². The zero-order valence-corrected chi connectivity index (χ0v) is 12.7. The van der Waals surface area contributed by atoms with E-state index in [1.54, 1.807) is 0 Å². The Bertz CT molecular complexity index is 236. The van der Waals surface area contributed by atoms with Gasteiger partial charge in [0, 0.05) is 12.6 Å². The molecule has 0 radical (unpaired) electrons. The van der Waals surface area contributed by atoms with Gasteiger partial charge in [-0.15, -0.1) is 0 Å². The summed E-state index contributed by atoms with van der Waals surface area (Å²) in [7, 11) is 4.28. The van der Waals surface area contributed by atoms with Crippen molar-refractivity contribution in [1.29, 1.82) is 0 Å². The van der Waals surface area contributed by atoms with E-state index < -0.39 is 0 Å². The molecular weight excluding hydrogens is 244 g/mol. The standard InChI is InChI=1S/C14H28N2OS/c1-16(2)8-3-7-15-13-4-9-17-14(12-13)5-10-18-11-6-14/h13,15H,3-12H2,1-2H3. The van der Waals surface area contributed by atoms with Crippen LogP contribution >= 0.6 is 11.8 Å². The molecule has 18 heavy (non-hydrogen) atoms. The van der Waals surface area contributed by atoms with Crippen LogP contribution in [0.5, 0.6) is 0 Å². The molecule has 1 unspecified atom stereocenters. The predicted octanol–water partition coefficient (Wildman–Crippen LogP) is 1.97. The Morgan fingerprint density at radius 2 is 2.11 bits per heavy atom. The summed E-state index contributed by atoms with van der Waals surface area (Å²) in [5, 5.41) is 3.74. The molecule has 0 aromatic rings. The van der Waals surface area contributed by atoms with Crippen LogP contribution in [0.3, 0.4) is 0 Å². The topological polar surface area (TPSA) is 24.5 Å². The van der Waals surface area contributed by atoms with Crippen LogP contribution in [0, 0.1) is 0 Å². The highest BCUT2D eigenvalue weighted by Crippen LogP contribution is 2.37. The largest absolute Gasteiger partial charge is 0.375 e. The molecule has 0 aromatic carbocycles. The molecule has 0 amide bonds. The molecule has 106 valence electrons. The molecule has 1 spiro atoms. The van der Waals surface area contributed by atoms with Gasteiger partial charge >= 0.3 is 0 Å². The number of hydrogen-bond donors (Lipinski definition) is 1. The minimum absolute atomic E-state index is 0.225. The maximum atomic E-state index is 6.12. The lowest BCUT2D eigenvalue weighted by atomic mass is 9.85. The fourth-order valence-corrected chi connectivity index (χ4v) is 4.23. The van der Waals surface area contributed by atoms with Crippen molar-refractivity contribution < 1.29 is 4.74 Å². The number of hydrogen-bond acceptors (Lipinski definition) is 4. The Morgan fingerprint density at radius 3 is 2.83 bits per heavy atom. The summed E-state index contributed by atoms with van der Waals surface area (Å²) in [6.07, 6.45) is 6.18. The minimum atomic E-state index is 0.225. The highest BCUT2D eigenvalue weighted by molar-refractivity contribution is 7.99. The van der Waals surface area contributed by atoms with Crippen LogP contribution in [0.15, 0.2) is 0 Å². The van der Waals surface area contributed by atoms with E-state index in [0.29, 0.717) is 6.04 Å². The Hall–Kier alpha value is 0.230. The number of thioether (sulfide) groups is 1. The Morgan fingerprint density at radius 1 is 1.33 bits per heavy atom. The summed E-state index contributed by atoms with van der Waals surface area (Å²) in [5.41, 5.74) is 0.225. The molecule has 2 heterocycles. The van der Waals surface area contributed by atoms with E-state index in [9.17, 15) is 0 Å². The van der Waals surface area contributed by atoms with Crippen LogP contribution in [0.1, 0.15) is 32.1 Å². The molecule has 0 aromatic heterocycles. The summed E-state index contributed by atoms with van der Waals surface area (Å²) < 4.78 is 6.12. The van der Waals surface area contributed by atoms with E-state index in [0.717, 1.165) is 13.2 Å². The molecule has 0 saturated carbocycles. The van der Waals surface area contributed by atoms with Gasteiger partial charge in [0.1, 0.15) is 0 Å². The molecule has 2 saturated heterocycles. The normalized spacial score (nSPS) is 27.8. The first-order chi connectivity index (χ1) is 8.70. The van der Waals surface area contributed by atoms with Crippen LogP contribution in [0.25, 0.3) is 0 Å². The first-order valence-electron chi connectivity index (χ1n) is 7.30. The molecule has 2 aliphatic rings. The van der Waals surface area contributed by atoms with Crippen LogP contribution in [0.4, 0.5) is 0 Å². The summed E-state index contributed by atoms with van der Waals surface area (Å²) in [6, 6.07) is 0.684. The van der Waals surface area contributed by atoms with Crippen LogP contribution in [0.2, 0.25) is 0 Å². The van der Waals surface area contributed by atoms with Crippen molar-refractivity contribution in [3.05, 3.63) is 0 Å². The van der Waals surface area contributed by atoms with E-state index in [4.69, 9.17) is 4.74 Å². The fraction of sp³-hybridized carbons (Fsp3) is 1.00. The molecular formula is C14H28N2OS. The molecule has 0 bridgehead atoms. The average molecular weight is 272 g/mol. The number of ether oxygens (including phenoxy) is 1. The second-order valence-corrected chi connectivity index (χ2v) is 7.17. The van der Waals surface area contributed by atoms with Gasteiger partial charge in [-0.25, -0.2) is 0 Å². The lowest BCUT2D eigenvalue weighted by molar-refractivity contribution is -0.0931. The zero-order chi connectivity index (χ0) is 12.8. The number of nitrogens with one attached hydrogen (secondary N) is 1. The number of nitrogens with zero attached hydrogens (tertiary/aromatic N) is 1. The first kappa shape index (κ1) is 14.6. The molecule has 2 rings (SSSR count). The van der Waals surface area contributed by atoms with Gasteiger partial charge < -0.3 is 15.0 Å². The van der Waals surface area contributed by atoms with Gasteiger partial charge in [-0.1, -0.05) is 0 Å². The third-order valence-electron chi connectivity index (χ3n) is 4.11. The highest BCUT2D eigenvalue weighted by atomic mass is 32.2. The van der Waals surface area contributed by atoms with Crippen LogP contribution in [-0.2, 0) is 4.74 Å². The highest BCUT2D eigenvalue weighted by Gasteiger charge is 2.38. The smallest absolute Gasteiger partial charge is 0.0713 e. The summed E-state index contributed by atoms with van der Waals surface area (Å²) >= 11 is 2.08. The van der Waals surface area contributed by atoms with E-state index in [1.165, 1.54) is 50.2 Å². The van der Waals surface area contributed by atoms with Gasteiger partial charge in [0.05, 0.1) is 5.60 Å². The van der Waals surface area contributed by atoms with Gasteiger partial charge in [0.2, 0.25) is 0 Å². The van der Waals surface area contributed by atoms with Crippen molar-refractivity contribution in [2.75, 3.05) is 45.3 Å². The first-order valence-corrected chi connectivity index (χ1v) is 8.45. The lowest BCUT2D eigenvalue weighted by Crippen LogP contribution is -2.49. The van der Waals surface area contributed by atoms with Gasteiger partial charge in [-0.2, -0.15) is 11.8 Å². The summed E-state index contributed by atoms with van der Waals surface area (Å²) in [4.78, 5) is 2.26. The predicted molar refractivity (Wildman–Crippen MR) is 79.4 cm³/mol. The Kier molecular flexibility index (Phi) is 5.80. The minimum Gasteiger partial charge on any atom is -0.375 e. The van der Waals surface area contributed by atoms with Crippen LogP contribution < -0.4 is 5.32 Å². The van der Waals surface area contributed by atoms with Gasteiger partial charge in [-0.3, -0.25) is 0 Å². The van der Waals surface area contributed by atoms with Crippen molar-refractivity contribution in [3.8, 4) is 0 Å². The van der Waals surface area contributed by atoms with Crippen molar-refractivity contribution in [2.24, 2.45) is 0 Å². The van der Waals surface area contributed by atoms with Gasteiger partial charge in [0.25, 0.3) is 0 Å². The maximum Gasteiger partial charge on any atom is 0.0713 e. The molecule has 2 fully saturated rings. The number of rotatable bonds is 5. The summed E-state index contributed by atoms with van der Waals surface area (Å²) in [5.74, 6) is 2.57. The second kappa shape index (κ2) is 7.13. The molecule has 0 aliphatic carbocycles. The quantitative estimate of drug-likeness (QED) is 0.774. The van der Waals surface area contributed by atoms with Crippen molar-refractivity contribution in [1.82, 2.24) is 10.2 Å². The van der Waals surface area contributed by atoms with Crippen molar-refractivity contribution in [2.45, 2.75) is 43.7 Å². The van der Waals surface area contributed by atoms with E-state index in [1.807, 2.05) is 0 Å².